The molecule has 6 nitrogen and oxygen atoms in total. The average molecular weight is 285 g/mol. The van der Waals surface area contributed by atoms with Gasteiger partial charge in [0.15, 0.2) is 5.78 Å². The zero-order chi connectivity index (χ0) is 14.8. The molecule has 2 N–H and O–H groups in total. The number of carbonyl (C=O) groups is 2. The van der Waals surface area contributed by atoms with Crippen LogP contribution in [0.15, 0.2) is 29.2 Å². The Kier molecular flexibility index (Phi) is 4.12. The molecule has 19 heavy (non-hydrogen) atoms. The Morgan fingerprint density at radius 2 is 1.84 bits per heavy atom. The lowest BCUT2D eigenvalue weighted by molar-refractivity contribution is -0.142. The normalized spacial score (nSPS) is 12.2. The van der Waals surface area contributed by atoms with Crippen LogP contribution in [0.25, 0.3) is 0 Å². The molecule has 0 amide bonds. The fraction of sp³-hybridized carbons (Fsp3) is 0.333. The number of hydrogen-bond donors (Lipinski definition) is 2. The molecule has 0 bridgehead atoms. The van der Waals surface area contributed by atoms with Gasteiger partial charge in [0.1, 0.15) is 5.54 Å². The average Bonchev–Trinajstić information content (AvgIpc) is 2.27. The Morgan fingerprint density at radius 3 is 2.32 bits per heavy atom. The highest BCUT2D eigenvalue weighted by Crippen LogP contribution is 2.15. The van der Waals surface area contributed by atoms with E-state index < -0.39 is 21.5 Å². The molecule has 0 aliphatic rings. The third kappa shape index (κ3) is 3.62. The molecule has 1 rings (SSSR count). The van der Waals surface area contributed by atoms with Crippen LogP contribution >= 0.6 is 0 Å². The molecule has 0 atom stereocenters. The molecule has 0 aliphatic carbocycles. The van der Waals surface area contributed by atoms with Gasteiger partial charge in [-0.1, -0.05) is 12.1 Å². The number of carbonyl (C=O) groups excluding carboxylic acids is 1. The Balaban J connectivity index is 3.18. The van der Waals surface area contributed by atoms with E-state index in [2.05, 4.69) is 4.72 Å². The van der Waals surface area contributed by atoms with E-state index in [9.17, 15) is 18.0 Å². The number of hydrogen-bond acceptors (Lipinski definition) is 4. The number of Topliss-reactive ketones (excluding diaryl/α,β-unsaturated/α-hetero) is 1. The van der Waals surface area contributed by atoms with E-state index in [1.807, 2.05) is 0 Å². The second-order valence-corrected chi connectivity index (χ2v) is 6.30. The number of aliphatic carboxylic acids is 1. The lowest BCUT2D eigenvalue weighted by Gasteiger charge is -2.20. The van der Waals surface area contributed by atoms with Gasteiger partial charge in [-0.2, -0.15) is 4.72 Å². The van der Waals surface area contributed by atoms with Crippen molar-refractivity contribution in [2.45, 2.75) is 31.2 Å². The molecule has 0 spiro atoms. The summed E-state index contributed by atoms with van der Waals surface area (Å²) >= 11 is 0. The van der Waals surface area contributed by atoms with Gasteiger partial charge >= 0.3 is 5.97 Å². The van der Waals surface area contributed by atoms with E-state index in [0.717, 1.165) is 0 Å². The van der Waals surface area contributed by atoms with Gasteiger partial charge in [0.2, 0.25) is 10.0 Å². The molecular formula is C12H15NO5S. The van der Waals surface area contributed by atoms with Crippen molar-refractivity contribution in [3.8, 4) is 0 Å². The molecule has 0 saturated heterocycles. The first kappa shape index (κ1) is 15.3. The summed E-state index contributed by atoms with van der Waals surface area (Å²) in [6.07, 6.45) is 0. The summed E-state index contributed by atoms with van der Waals surface area (Å²) < 4.78 is 26.2. The highest BCUT2D eigenvalue weighted by Gasteiger charge is 2.33. The zero-order valence-corrected chi connectivity index (χ0v) is 11.6. The van der Waals surface area contributed by atoms with Crippen LogP contribution in [0.2, 0.25) is 0 Å². The molecular weight excluding hydrogens is 270 g/mol. The highest BCUT2D eigenvalue weighted by molar-refractivity contribution is 7.89. The topological polar surface area (TPSA) is 101 Å². The Hall–Kier alpha value is -1.73. The van der Waals surface area contributed by atoms with E-state index in [1.165, 1.54) is 45.0 Å². The number of carboxylic acids is 1. The van der Waals surface area contributed by atoms with Gasteiger partial charge in [0.05, 0.1) is 4.90 Å². The summed E-state index contributed by atoms with van der Waals surface area (Å²) in [5.41, 5.74) is -1.39. The molecule has 0 unspecified atom stereocenters. The number of sulfonamides is 1. The number of nitrogens with one attached hydrogen (secondary N) is 1. The van der Waals surface area contributed by atoms with Crippen LogP contribution in [0.4, 0.5) is 0 Å². The summed E-state index contributed by atoms with van der Waals surface area (Å²) in [6.45, 7) is 3.80. The van der Waals surface area contributed by atoms with Crippen LogP contribution in [-0.4, -0.2) is 30.8 Å². The highest BCUT2D eigenvalue weighted by atomic mass is 32.2. The first-order valence-electron chi connectivity index (χ1n) is 5.44. The van der Waals surface area contributed by atoms with Gasteiger partial charge in [-0.15, -0.1) is 0 Å². The van der Waals surface area contributed by atoms with Gasteiger partial charge in [-0.25, -0.2) is 8.42 Å². The first-order valence-corrected chi connectivity index (χ1v) is 6.93. The Morgan fingerprint density at radius 1 is 1.26 bits per heavy atom. The standard InChI is InChI=1S/C12H15NO5S/c1-8(14)9-5-4-6-10(7-9)19(17,18)13-12(2,3)11(15)16/h4-7,13H,1-3H3,(H,15,16). The van der Waals surface area contributed by atoms with Gasteiger partial charge in [0, 0.05) is 5.56 Å². The lowest BCUT2D eigenvalue weighted by atomic mass is 10.1. The van der Waals surface area contributed by atoms with E-state index in [-0.39, 0.29) is 16.2 Å². The molecule has 0 fully saturated rings. The number of rotatable bonds is 5. The molecule has 7 heteroatoms. The van der Waals surface area contributed by atoms with E-state index in [1.54, 1.807) is 0 Å². The largest absolute Gasteiger partial charge is 0.480 e. The Bertz CT molecular complexity index is 619. The van der Waals surface area contributed by atoms with E-state index >= 15 is 0 Å². The minimum atomic E-state index is -4.00. The zero-order valence-electron chi connectivity index (χ0n) is 10.8. The second-order valence-electron chi connectivity index (χ2n) is 4.62. The lowest BCUT2D eigenvalue weighted by Crippen LogP contribution is -2.49. The summed E-state index contributed by atoms with van der Waals surface area (Å²) in [6, 6.07) is 5.43. The van der Waals surface area contributed by atoms with Crippen LogP contribution < -0.4 is 4.72 Å². The summed E-state index contributed by atoms with van der Waals surface area (Å²) in [5, 5.41) is 8.91. The fourth-order valence-corrected chi connectivity index (χ4v) is 2.74. The molecule has 1 aromatic rings. The van der Waals surface area contributed by atoms with Crippen molar-refractivity contribution in [2.24, 2.45) is 0 Å². The third-order valence-electron chi connectivity index (χ3n) is 2.48. The van der Waals surface area contributed by atoms with Crippen molar-refractivity contribution in [3.05, 3.63) is 29.8 Å². The van der Waals surface area contributed by atoms with Crippen molar-refractivity contribution in [2.75, 3.05) is 0 Å². The maximum absolute atomic E-state index is 12.0. The molecule has 0 aliphatic heterocycles. The van der Waals surface area contributed by atoms with Crippen LogP contribution in [0.3, 0.4) is 0 Å². The predicted molar refractivity (Wildman–Crippen MR) is 68.5 cm³/mol. The molecule has 0 radical (unpaired) electrons. The van der Waals surface area contributed by atoms with Gasteiger partial charge in [-0.05, 0) is 32.9 Å². The van der Waals surface area contributed by atoms with E-state index in [4.69, 9.17) is 5.11 Å². The maximum atomic E-state index is 12.0. The molecule has 1 aromatic carbocycles. The molecule has 104 valence electrons. The Labute approximate surface area is 111 Å². The first-order chi connectivity index (χ1) is 8.56. The van der Waals surface area contributed by atoms with Crippen molar-refractivity contribution >= 4 is 21.8 Å². The van der Waals surface area contributed by atoms with Crippen LogP contribution in [0.5, 0.6) is 0 Å². The van der Waals surface area contributed by atoms with Crippen LogP contribution in [0, 0.1) is 0 Å². The van der Waals surface area contributed by atoms with Gasteiger partial charge in [0.25, 0.3) is 0 Å². The monoisotopic (exact) mass is 285 g/mol. The van der Waals surface area contributed by atoms with Gasteiger partial charge < -0.3 is 5.11 Å². The minimum Gasteiger partial charge on any atom is -0.480 e. The van der Waals surface area contributed by atoms with Crippen LogP contribution in [0.1, 0.15) is 31.1 Å². The van der Waals surface area contributed by atoms with Crippen LogP contribution in [-0.2, 0) is 14.8 Å². The molecule has 0 heterocycles. The third-order valence-corrected chi connectivity index (χ3v) is 4.13. The minimum absolute atomic E-state index is 0.144. The van der Waals surface area contributed by atoms with Crippen molar-refractivity contribution in [1.29, 1.82) is 0 Å². The summed E-state index contributed by atoms with van der Waals surface area (Å²) in [4.78, 5) is 22.0. The van der Waals surface area contributed by atoms with Crippen molar-refractivity contribution < 1.29 is 23.1 Å². The second kappa shape index (κ2) is 5.10. The SMILES string of the molecule is CC(=O)c1cccc(S(=O)(=O)NC(C)(C)C(=O)O)c1. The maximum Gasteiger partial charge on any atom is 0.324 e. The smallest absolute Gasteiger partial charge is 0.324 e. The fourth-order valence-electron chi connectivity index (χ4n) is 1.32. The quantitative estimate of drug-likeness (QED) is 0.787. The number of benzene rings is 1. The van der Waals surface area contributed by atoms with Crippen molar-refractivity contribution in [3.63, 3.8) is 0 Å². The van der Waals surface area contributed by atoms with Crippen molar-refractivity contribution in [1.82, 2.24) is 4.72 Å². The summed E-state index contributed by atoms with van der Waals surface area (Å²) in [5.74, 6) is -1.56. The molecule has 0 aromatic heterocycles. The number of carboxylic acid groups (broad SMARTS) is 1. The molecule has 0 saturated carbocycles. The van der Waals surface area contributed by atoms with E-state index in [0.29, 0.717) is 0 Å². The van der Waals surface area contributed by atoms with Gasteiger partial charge in [-0.3, -0.25) is 9.59 Å². The summed E-state index contributed by atoms with van der Waals surface area (Å²) in [7, 11) is -4.00. The predicted octanol–water partition coefficient (Wildman–Crippen LogP) is 1.03. The number of ketones is 1.